The Morgan fingerprint density at radius 2 is 2.32 bits per heavy atom. The molecule has 0 aromatic carbocycles. The first-order chi connectivity index (χ1) is 9.10. The Kier molecular flexibility index (Phi) is 6.41. The third kappa shape index (κ3) is 4.59. The molecule has 1 aliphatic rings. The summed E-state index contributed by atoms with van der Waals surface area (Å²) in [6, 6.07) is 0. The molecule has 19 heavy (non-hydrogen) atoms. The van der Waals surface area contributed by atoms with Crippen molar-refractivity contribution in [2.45, 2.75) is 39.1 Å². The van der Waals surface area contributed by atoms with Gasteiger partial charge in [-0.25, -0.2) is 5.01 Å². The zero-order chi connectivity index (χ0) is 14.3. The molecule has 0 aromatic rings. The fraction of sp³-hybridized carbons (Fsp3) is 0.538. The fourth-order valence-corrected chi connectivity index (χ4v) is 1.72. The van der Waals surface area contributed by atoms with Gasteiger partial charge in [0.25, 0.3) is 0 Å². The van der Waals surface area contributed by atoms with Crippen LogP contribution in [0, 0.1) is 0 Å². The molecular formula is C13H22N4O2. The smallest absolute Gasteiger partial charge is 0.195 e. The lowest BCUT2D eigenvalue weighted by Crippen LogP contribution is -2.34. The van der Waals surface area contributed by atoms with Gasteiger partial charge in [-0.05, 0) is 38.5 Å². The number of hydrogen-bond donors (Lipinski definition) is 3. The van der Waals surface area contributed by atoms with Crippen LogP contribution < -0.4 is 5.73 Å². The number of aliphatic imine (C=N–C) groups is 1. The normalized spacial score (nSPS) is 20.5. The van der Waals surface area contributed by atoms with Crippen molar-refractivity contribution in [2.24, 2.45) is 15.8 Å². The summed E-state index contributed by atoms with van der Waals surface area (Å²) in [5.74, 6) is 0. The average molecular weight is 266 g/mol. The minimum atomic E-state index is -1.54. The van der Waals surface area contributed by atoms with Crippen LogP contribution in [0.15, 0.2) is 34.0 Å². The predicted molar refractivity (Wildman–Crippen MR) is 76.6 cm³/mol. The van der Waals surface area contributed by atoms with Crippen LogP contribution in [-0.2, 0) is 0 Å². The number of hydrazone groups is 1. The minimum Gasteiger partial charge on any atom is -0.363 e. The van der Waals surface area contributed by atoms with Crippen LogP contribution >= 0.6 is 0 Å². The van der Waals surface area contributed by atoms with E-state index in [1.54, 1.807) is 17.3 Å². The zero-order valence-corrected chi connectivity index (χ0v) is 11.4. The molecular weight excluding hydrogens is 244 g/mol. The molecule has 0 amide bonds. The average Bonchev–Trinajstić information content (AvgIpc) is 2.39. The predicted octanol–water partition coefficient (Wildman–Crippen LogP) is 0.584. The summed E-state index contributed by atoms with van der Waals surface area (Å²) >= 11 is 0. The molecule has 1 heterocycles. The van der Waals surface area contributed by atoms with Gasteiger partial charge in [0.2, 0.25) is 0 Å². The van der Waals surface area contributed by atoms with Gasteiger partial charge >= 0.3 is 0 Å². The fourth-order valence-electron chi connectivity index (χ4n) is 1.72. The highest BCUT2D eigenvalue weighted by atomic mass is 16.5. The third-order valence-corrected chi connectivity index (χ3v) is 2.67. The van der Waals surface area contributed by atoms with Crippen LogP contribution in [0.3, 0.4) is 0 Å². The first kappa shape index (κ1) is 15.6. The molecule has 6 heteroatoms. The maximum atomic E-state index is 9.17. The van der Waals surface area contributed by atoms with Crippen LogP contribution in [0.4, 0.5) is 0 Å². The highest BCUT2D eigenvalue weighted by Crippen LogP contribution is 2.20. The maximum Gasteiger partial charge on any atom is 0.195 e. The largest absolute Gasteiger partial charge is 0.363 e. The van der Waals surface area contributed by atoms with Gasteiger partial charge in [-0.15, -0.1) is 0 Å². The molecule has 1 aliphatic heterocycles. The second-order valence-electron chi connectivity index (χ2n) is 4.16. The van der Waals surface area contributed by atoms with E-state index in [4.69, 9.17) is 15.9 Å². The molecule has 1 unspecified atom stereocenters. The monoisotopic (exact) mass is 266 g/mol. The molecule has 1 atom stereocenters. The SMILES string of the molecule is CCC1=CC(C(O)O)=NC(C)N1/N=C/C=C/CCN. The van der Waals surface area contributed by atoms with Gasteiger partial charge in [0.05, 0.1) is 5.71 Å². The van der Waals surface area contributed by atoms with Crippen molar-refractivity contribution < 1.29 is 10.2 Å². The lowest BCUT2D eigenvalue weighted by molar-refractivity contribution is 0.0190. The van der Waals surface area contributed by atoms with E-state index in [-0.39, 0.29) is 11.9 Å². The van der Waals surface area contributed by atoms with Gasteiger partial charge in [-0.3, -0.25) is 4.99 Å². The summed E-state index contributed by atoms with van der Waals surface area (Å²) in [7, 11) is 0. The molecule has 0 radical (unpaired) electrons. The molecule has 0 saturated heterocycles. The van der Waals surface area contributed by atoms with E-state index < -0.39 is 6.29 Å². The Labute approximate surface area is 113 Å². The lowest BCUT2D eigenvalue weighted by Gasteiger charge is -2.29. The van der Waals surface area contributed by atoms with Gasteiger partial charge < -0.3 is 15.9 Å². The van der Waals surface area contributed by atoms with E-state index in [9.17, 15) is 0 Å². The van der Waals surface area contributed by atoms with Crippen molar-refractivity contribution in [1.29, 1.82) is 0 Å². The summed E-state index contributed by atoms with van der Waals surface area (Å²) in [6.45, 7) is 4.45. The summed E-state index contributed by atoms with van der Waals surface area (Å²) < 4.78 is 0. The van der Waals surface area contributed by atoms with Crippen LogP contribution in [0.2, 0.25) is 0 Å². The zero-order valence-electron chi connectivity index (χ0n) is 11.4. The maximum absolute atomic E-state index is 9.17. The molecule has 6 nitrogen and oxygen atoms in total. The number of allylic oxidation sites excluding steroid dienone is 2. The van der Waals surface area contributed by atoms with Gasteiger partial charge in [0.15, 0.2) is 6.29 Å². The van der Waals surface area contributed by atoms with E-state index >= 15 is 0 Å². The van der Waals surface area contributed by atoms with Crippen molar-refractivity contribution in [3.63, 3.8) is 0 Å². The Hall–Kier alpha value is -1.50. The molecule has 106 valence electrons. The Morgan fingerprint density at radius 3 is 2.89 bits per heavy atom. The van der Waals surface area contributed by atoms with Crippen LogP contribution in [0.1, 0.15) is 26.7 Å². The van der Waals surface area contributed by atoms with Gasteiger partial charge in [-0.2, -0.15) is 5.10 Å². The summed E-state index contributed by atoms with van der Waals surface area (Å²) in [4.78, 5) is 4.18. The minimum absolute atomic E-state index is 0.254. The quantitative estimate of drug-likeness (QED) is 0.484. The standard InChI is InChI=1S/C13H22N4O2/c1-3-11-9-12(13(18)19)16-10(2)17(11)15-8-6-4-5-7-14/h4,6,8-10,13,18-19H,3,5,7,14H2,1-2H3/b6-4+,15-8+. The number of hydrogen-bond acceptors (Lipinski definition) is 6. The summed E-state index contributed by atoms with van der Waals surface area (Å²) in [5.41, 5.74) is 6.55. The van der Waals surface area contributed by atoms with Gasteiger partial charge in [0, 0.05) is 11.9 Å². The molecule has 0 fully saturated rings. The molecule has 0 spiro atoms. The topological polar surface area (TPSA) is 94.4 Å². The van der Waals surface area contributed by atoms with Crippen molar-refractivity contribution in [1.82, 2.24) is 5.01 Å². The van der Waals surface area contributed by atoms with Crippen molar-refractivity contribution >= 4 is 11.9 Å². The van der Waals surface area contributed by atoms with E-state index in [1.165, 1.54) is 0 Å². The highest BCUT2D eigenvalue weighted by Gasteiger charge is 2.22. The lowest BCUT2D eigenvalue weighted by atomic mass is 10.2. The van der Waals surface area contributed by atoms with Crippen LogP contribution in [0.5, 0.6) is 0 Å². The van der Waals surface area contributed by atoms with Gasteiger partial charge in [0.1, 0.15) is 6.17 Å². The molecule has 0 aromatic heterocycles. The second kappa shape index (κ2) is 7.83. The Morgan fingerprint density at radius 1 is 1.58 bits per heavy atom. The van der Waals surface area contributed by atoms with Gasteiger partial charge in [-0.1, -0.05) is 13.0 Å². The first-order valence-corrected chi connectivity index (χ1v) is 6.43. The van der Waals surface area contributed by atoms with Crippen molar-refractivity contribution in [3.05, 3.63) is 23.9 Å². The third-order valence-electron chi connectivity index (χ3n) is 2.67. The number of nitrogens with two attached hydrogens (primary N) is 1. The molecule has 0 bridgehead atoms. The second-order valence-corrected chi connectivity index (χ2v) is 4.16. The summed E-state index contributed by atoms with van der Waals surface area (Å²) in [5, 5.41) is 24.4. The first-order valence-electron chi connectivity index (χ1n) is 6.43. The number of rotatable bonds is 6. The molecule has 4 N–H and O–H groups in total. The van der Waals surface area contributed by atoms with Crippen LogP contribution in [-0.4, -0.2) is 46.1 Å². The Balaban J connectivity index is 2.77. The van der Waals surface area contributed by atoms with E-state index in [0.717, 1.165) is 18.5 Å². The highest BCUT2D eigenvalue weighted by molar-refractivity contribution is 5.98. The van der Waals surface area contributed by atoms with Crippen molar-refractivity contribution in [3.8, 4) is 0 Å². The van der Waals surface area contributed by atoms with E-state index in [1.807, 2.05) is 26.0 Å². The van der Waals surface area contributed by atoms with Crippen molar-refractivity contribution in [2.75, 3.05) is 6.54 Å². The Bertz CT molecular complexity index is 399. The molecule has 0 saturated carbocycles. The molecule has 0 aliphatic carbocycles. The number of aliphatic hydroxyl groups excluding tert-OH is 1. The number of aliphatic hydroxyl groups is 2. The summed E-state index contributed by atoms with van der Waals surface area (Å²) in [6.07, 6.45) is 6.89. The number of nitrogens with zero attached hydrogens (tertiary/aromatic N) is 3. The van der Waals surface area contributed by atoms with E-state index in [0.29, 0.717) is 6.54 Å². The molecule has 1 rings (SSSR count). The van der Waals surface area contributed by atoms with E-state index in [2.05, 4.69) is 10.1 Å². The van der Waals surface area contributed by atoms with Crippen LogP contribution in [0.25, 0.3) is 0 Å².